The maximum atomic E-state index is 5.69. The van der Waals surface area contributed by atoms with E-state index in [4.69, 9.17) is 10.3 Å². The molecule has 84 valence electrons. The van der Waals surface area contributed by atoms with Crippen molar-refractivity contribution in [1.82, 2.24) is 10.1 Å². The van der Waals surface area contributed by atoms with Gasteiger partial charge in [0.1, 0.15) is 0 Å². The molecule has 2 N–H and O–H groups in total. The van der Waals surface area contributed by atoms with Crippen LogP contribution in [0.15, 0.2) is 28.8 Å². The molecule has 1 heterocycles. The summed E-state index contributed by atoms with van der Waals surface area (Å²) in [6, 6.07) is 7.64. The fourth-order valence-electron chi connectivity index (χ4n) is 1.38. The van der Waals surface area contributed by atoms with Crippen LogP contribution < -0.4 is 10.6 Å². The van der Waals surface area contributed by atoms with Crippen LogP contribution in [0, 0.1) is 0 Å². The molecule has 0 saturated heterocycles. The summed E-state index contributed by atoms with van der Waals surface area (Å²) in [7, 11) is 3.74. The normalized spacial score (nSPS) is 10.4. The molecule has 5 nitrogen and oxygen atoms in total. The van der Waals surface area contributed by atoms with E-state index >= 15 is 0 Å². The zero-order chi connectivity index (χ0) is 11.5. The second-order valence-corrected chi connectivity index (χ2v) is 3.80. The first-order valence-corrected chi connectivity index (χ1v) is 4.99. The molecule has 1 aromatic carbocycles. The summed E-state index contributed by atoms with van der Waals surface area (Å²) in [5.41, 5.74) is 7.50. The van der Waals surface area contributed by atoms with Crippen molar-refractivity contribution < 1.29 is 4.52 Å². The van der Waals surface area contributed by atoms with Crippen LogP contribution in [-0.2, 0) is 6.42 Å². The van der Waals surface area contributed by atoms with E-state index < -0.39 is 0 Å². The first-order valence-electron chi connectivity index (χ1n) is 4.99. The van der Waals surface area contributed by atoms with Crippen LogP contribution in [0.3, 0.4) is 0 Å². The molecule has 5 heteroatoms. The molecule has 0 unspecified atom stereocenters. The van der Waals surface area contributed by atoms with Gasteiger partial charge in [-0.15, -0.1) is 0 Å². The second-order valence-electron chi connectivity index (χ2n) is 3.80. The number of hydrogen-bond donors (Lipinski definition) is 1. The molecule has 1 aromatic heterocycles. The Hall–Kier alpha value is -2.04. The molecule has 0 spiro atoms. The molecule has 0 bridgehead atoms. The summed E-state index contributed by atoms with van der Waals surface area (Å²) in [6.45, 7) is 0. The maximum absolute atomic E-state index is 5.69. The minimum absolute atomic E-state index is 0.582. The number of anilines is 2. The van der Waals surface area contributed by atoms with Gasteiger partial charge in [-0.05, 0) is 22.9 Å². The number of nitrogen functional groups attached to an aromatic ring is 1. The molecule has 0 aliphatic carbocycles. The van der Waals surface area contributed by atoms with Gasteiger partial charge in [0.15, 0.2) is 0 Å². The number of nitrogens with two attached hydrogens (primary N) is 1. The SMILES string of the molecule is CN(C)c1noc(Cc2cccc(N)c2)n1. The van der Waals surface area contributed by atoms with Crippen LogP contribution in [0.2, 0.25) is 0 Å². The van der Waals surface area contributed by atoms with Crippen molar-refractivity contribution in [3.8, 4) is 0 Å². The quantitative estimate of drug-likeness (QED) is 0.787. The van der Waals surface area contributed by atoms with Crippen molar-refractivity contribution in [1.29, 1.82) is 0 Å². The van der Waals surface area contributed by atoms with Gasteiger partial charge < -0.3 is 15.2 Å². The van der Waals surface area contributed by atoms with Gasteiger partial charge in [0.25, 0.3) is 5.95 Å². The molecule has 0 aliphatic heterocycles. The molecule has 0 fully saturated rings. The first kappa shape index (κ1) is 10.5. The Labute approximate surface area is 93.9 Å². The van der Waals surface area contributed by atoms with Gasteiger partial charge in [0.2, 0.25) is 5.89 Å². The summed E-state index contributed by atoms with van der Waals surface area (Å²) >= 11 is 0. The Morgan fingerprint density at radius 1 is 1.38 bits per heavy atom. The molecule has 0 atom stereocenters. The Morgan fingerprint density at radius 2 is 2.19 bits per heavy atom. The molecule has 2 aromatic rings. The zero-order valence-electron chi connectivity index (χ0n) is 9.34. The maximum Gasteiger partial charge on any atom is 0.265 e. The molecule has 16 heavy (non-hydrogen) atoms. The number of rotatable bonds is 3. The first-order chi connectivity index (χ1) is 7.65. The third-order valence-corrected chi connectivity index (χ3v) is 2.16. The van der Waals surface area contributed by atoms with Crippen molar-refractivity contribution in [3.05, 3.63) is 35.7 Å². The van der Waals surface area contributed by atoms with Crippen LogP contribution in [-0.4, -0.2) is 24.2 Å². The Kier molecular flexibility index (Phi) is 2.76. The van der Waals surface area contributed by atoms with Crippen molar-refractivity contribution in [2.45, 2.75) is 6.42 Å². The van der Waals surface area contributed by atoms with Gasteiger partial charge in [-0.1, -0.05) is 12.1 Å². The van der Waals surface area contributed by atoms with Gasteiger partial charge >= 0.3 is 0 Å². The second kappa shape index (κ2) is 4.22. The van der Waals surface area contributed by atoms with E-state index in [1.165, 1.54) is 0 Å². The lowest BCUT2D eigenvalue weighted by atomic mass is 10.1. The number of aromatic nitrogens is 2. The van der Waals surface area contributed by atoms with Gasteiger partial charge in [-0.2, -0.15) is 4.98 Å². The predicted molar refractivity (Wildman–Crippen MR) is 62.3 cm³/mol. The monoisotopic (exact) mass is 218 g/mol. The molecule has 0 saturated carbocycles. The van der Waals surface area contributed by atoms with Crippen LogP contribution in [0.25, 0.3) is 0 Å². The van der Waals surface area contributed by atoms with E-state index in [-0.39, 0.29) is 0 Å². The number of benzene rings is 1. The average molecular weight is 218 g/mol. The molecule has 0 radical (unpaired) electrons. The minimum atomic E-state index is 0.582. The van der Waals surface area contributed by atoms with Gasteiger partial charge in [0.05, 0.1) is 6.42 Å². The highest BCUT2D eigenvalue weighted by atomic mass is 16.5. The topological polar surface area (TPSA) is 68.2 Å². The van der Waals surface area contributed by atoms with E-state index in [1.807, 2.05) is 38.4 Å². The van der Waals surface area contributed by atoms with E-state index in [9.17, 15) is 0 Å². The summed E-state index contributed by atoms with van der Waals surface area (Å²) in [4.78, 5) is 6.04. The van der Waals surface area contributed by atoms with Gasteiger partial charge in [0, 0.05) is 19.8 Å². The highest BCUT2D eigenvalue weighted by Gasteiger charge is 2.08. The van der Waals surface area contributed by atoms with Crippen LogP contribution in [0.4, 0.5) is 11.6 Å². The zero-order valence-corrected chi connectivity index (χ0v) is 9.34. The van der Waals surface area contributed by atoms with Gasteiger partial charge in [-0.25, -0.2) is 0 Å². The van der Waals surface area contributed by atoms with E-state index in [0.29, 0.717) is 18.3 Å². The molecule has 0 amide bonds. The fraction of sp³-hybridized carbons (Fsp3) is 0.273. The highest BCUT2D eigenvalue weighted by Crippen LogP contribution is 2.13. The van der Waals surface area contributed by atoms with E-state index in [1.54, 1.807) is 4.90 Å². The summed E-state index contributed by atoms with van der Waals surface area (Å²) in [5, 5.41) is 3.84. The third-order valence-electron chi connectivity index (χ3n) is 2.16. The van der Waals surface area contributed by atoms with Crippen molar-refractivity contribution in [3.63, 3.8) is 0 Å². The summed E-state index contributed by atoms with van der Waals surface area (Å²) < 4.78 is 5.13. The van der Waals surface area contributed by atoms with Crippen molar-refractivity contribution >= 4 is 11.6 Å². The van der Waals surface area contributed by atoms with Gasteiger partial charge in [-0.3, -0.25) is 0 Å². The highest BCUT2D eigenvalue weighted by molar-refractivity contribution is 5.41. The average Bonchev–Trinajstić information content (AvgIpc) is 2.66. The van der Waals surface area contributed by atoms with Crippen molar-refractivity contribution in [2.75, 3.05) is 24.7 Å². The Bertz CT molecular complexity index is 478. The lowest BCUT2D eigenvalue weighted by Gasteiger charge is -2.02. The molecule has 0 aliphatic rings. The van der Waals surface area contributed by atoms with Crippen molar-refractivity contribution in [2.24, 2.45) is 0 Å². The Morgan fingerprint density at radius 3 is 2.81 bits per heavy atom. The number of nitrogens with zero attached hydrogens (tertiary/aromatic N) is 3. The van der Waals surface area contributed by atoms with Crippen LogP contribution in [0.5, 0.6) is 0 Å². The molecular weight excluding hydrogens is 204 g/mol. The number of hydrogen-bond acceptors (Lipinski definition) is 5. The Balaban J connectivity index is 2.14. The third kappa shape index (κ3) is 2.31. The minimum Gasteiger partial charge on any atom is -0.399 e. The summed E-state index contributed by atoms with van der Waals surface area (Å²) in [5.74, 6) is 1.17. The molecule has 2 rings (SSSR count). The lowest BCUT2D eigenvalue weighted by molar-refractivity contribution is 0.385. The standard InChI is InChI=1S/C11H14N4O/c1-15(2)11-13-10(16-14-11)7-8-4-3-5-9(12)6-8/h3-6H,7,12H2,1-2H3. The van der Waals surface area contributed by atoms with Crippen LogP contribution in [0.1, 0.15) is 11.5 Å². The van der Waals surface area contributed by atoms with Crippen LogP contribution >= 0.6 is 0 Å². The van der Waals surface area contributed by atoms with E-state index in [2.05, 4.69) is 10.1 Å². The predicted octanol–water partition coefficient (Wildman–Crippen LogP) is 1.31. The largest absolute Gasteiger partial charge is 0.399 e. The lowest BCUT2D eigenvalue weighted by Crippen LogP contribution is -2.10. The van der Waals surface area contributed by atoms with E-state index in [0.717, 1.165) is 11.3 Å². The smallest absolute Gasteiger partial charge is 0.265 e. The fourth-order valence-corrected chi connectivity index (χ4v) is 1.38. The summed E-state index contributed by atoms with van der Waals surface area (Å²) in [6.07, 6.45) is 0.603. The molecular formula is C11H14N4O.